The number of fused-ring (bicyclic) bond motifs is 1. The van der Waals surface area contributed by atoms with E-state index in [9.17, 15) is 4.55 Å². The van der Waals surface area contributed by atoms with Crippen molar-refractivity contribution in [1.82, 2.24) is 29.3 Å². The van der Waals surface area contributed by atoms with Crippen molar-refractivity contribution >= 4 is 46.3 Å². The summed E-state index contributed by atoms with van der Waals surface area (Å²) in [4.78, 5) is 16.9. The van der Waals surface area contributed by atoms with E-state index in [1.54, 1.807) is 23.3 Å². The van der Waals surface area contributed by atoms with Crippen LogP contribution in [0.15, 0.2) is 75.8 Å². The molecule has 0 amide bonds. The van der Waals surface area contributed by atoms with E-state index in [1.807, 2.05) is 51.4 Å². The van der Waals surface area contributed by atoms with Gasteiger partial charge in [0.25, 0.3) is 0 Å². The second kappa shape index (κ2) is 10.3. The number of piperidine rings is 1. The highest BCUT2D eigenvalue weighted by atomic mass is 35.5. The molecule has 2 aliphatic heterocycles. The number of nitrogens with zero attached hydrogens (tertiary/aromatic N) is 8. The molecule has 0 N–H and O–H groups in total. The van der Waals surface area contributed by atoms with E-state index in [4.69, 9.17) is 21.0 Å². The summed E-state index contributed by atoms with van der Waals surface area (Å²) < 4.78 is 21.3. The number of hydrogen-bond acceptors (Lipinski definition) is 8. The van der Waals surface area contributed by atoms with Gasteiger partial charge in [-0.25, -0.2) is 19.6 Å². The molecule has 12 heteroatoms. The molecule has 1 spiro atoms. The predicted molar refractivity (Wildman–Crippen MR) is 155 cm³/mol. The van der Waals surface area contributed by atoms with Gasteiger partial charge >= 0.3 is 0 Å². The lowest BCUT2D eigenvalue weighted by Gasteiger charge is -2.39. The second-order valence-electron chi connectivity index (χ2n) is 10.8. The Balaban J connectivity index is 1.16. The van der Waals surface area contributed by atoms with E-state index < -0.39 is 16.1 Å². The summed E-state index contributed by atoms with van der Waals surface area (Å²) in [6, 6.07) is 7.83. The fourth-order valence-corrected chi connectivity index (χ4v) is 6.83. The summed E-state index contributed by atoms with van der Waals surface area (Å²) in [6.45, 7) is 8.44. The summed E-state index contributed by atoms with van der Waals surface area (Å²) >= 11 is 6.77. The van der Waals surface area contributed by atoms with E-state index in [0.717, 1.165) is 59.6 Å². The van der Waals surface area contributed by atoms with E-state index in [-0.39, 0.29) is 5.41 Å². The van der Waals surface area contributed by atoms with Crippen molar-refractivity contribution in [2.75, 3.05) is 18.0 Å². The van der Waals surface area contributed by atoms with Gasteiger partial charge in [-0.2, -0.15) is 5.10 Å². The van der Waals surface area contributed by atoms with Crippen molar-refractivity contribution in [2.24, 2.45) is 9.81 Å². The molecule has 0 aliphatic carbocycles. The Bertz CT molecular complexity index is 1490. The number of hydrogen-bond donors (Lipinski definition) is 0. The minimum atomic E-state index is -1.30. The predicted octanol–water partition coefficient (Wildman–Crippen LogP) is 5.22. The maximum absolute atomic E-state index is 13.0. The number of rotatable bonds is 5. The van der Waals surface area contributed by atoms with Gasteiger partial charge in [0.2, 0.25) is 0 Å². The zero-order valence-corrected chi connectivity index (χ0v) is 24.4. The Labute approximate surface area is 240 Å². The Morgan fingerprint density at radius 3 is 2.56 bits per heavy atom. The van der Waals surface area contributed by atoms with Crippen molar-refractivity contribution in [3.05, 3.63) is 72.2 Å². The molecule has 6 heterocycles. The summed E-state index contributed by atoms with van der Waals surface area (Å²) in [5.41, 5.74) is 1.97. The van der Waals surface area contributed by atoms with Gasteiger partial charge in [0.15, 0.2) is 5.82 Å². The van der Waals surface area contributed by atoms with Crippen molar-refractivity contribution in [2.45, 2.75) is 54.8 Å². The van der Waals surface area contributed by atoms with E-state index >= 15 is 0 Å². The molecule has 1 fully saturated rings. The van der Waals surface area contributed by atoms with Gasteiger partial charge in [-0.05, 0) is 57.9 Å². The maximum atomic E-state index is 13.0. The molecule has 202 valence electrons. The van der Waals surface area contributed by atoms with Crippen molar-refractivity contribution < 1.29 is 4.55 Å². The van der Waals surface area contributed by atoms with Gasteiger partial charge in [0, 0.05) is 54.7 Å². The quantitative estimate of drug-likeness (QED) is 0.298. The highest BCUT2D eigenvalue weighted by molar-refractivity contribution is 7.99. The standard InChI is InChI=1S/C27H29ClN8OS2/c1-26(2,3)39(37)33-24-19-6-4-12-35(19)18-27(24)8-14-34(15-9-27)21-16-31-22(17-30-21)38-20-7-11-29-25(23(20)28)36-13-5-10-32-36/h4-7,10-13,16-17H,8-9,14-15,18H2,1-3H3/b33-24+/t39-/m1/s1. The Kier molecular flexibility index (Phi) is 6.95. The average Bonchev–Trinajstić information content (AvgIpc) is 3.66. The molecule has 0 aromatic carbocycles. The smallest absolute Gasteiger partial charge is 0.173 e. The molecule has 0 saturated carbocycles. The van der Waals surface area contributed by atoms with E-state index in [1.165, 1.54) is 11.8 Å². The van der Waals surface area contributed by atoms with Gasteiger partial charge in [0.05, 0.1) is 23.1 Å². The van der Waals surface area contributed by atoms with Gasteiger partial charge in [-0.1, -0.05) is 27.8 Å². The van der Waals surface area contributed by atoms with Crippen LogP contribution < -0.4 is 4.90 Å². The zero-order valence-electron chi connectivity index (χ0n) is 22.0. The molecule has 0 unspecified atom stereocenters. The fourth-order valence-electron chi connectivity index (χ4n) is 5.05. The largest absolute Gasteiger partial charge is 0.591 e. The van der Waals surface area contributed by atoms with Crippen LogP contribution in [-0.4, -0.2) is 57.4 Å². The van der Waals surface area contributed by atoms with Crippen molar-refractivity contribution in [3.63, 3.8) is 0 Å². The van der Waals surface area contributed by atoms with Crippen LogP contribution in [0.1, 0.15) is 39.3 Å². The first-order valence-corrected chi connectivity index (χ1v) is 15.1. The molecule has 1 atom stereocenters. The summed E-state index contributed by atoms with van der Waals surface area (Å²) in [5, 5.41) is 5.50. The summed E-state index contributed by atoms with van der Waals surface area (Å²) in [7, 11) is 0. The molecule has 0 radical (unpaired) electrons. The second-order valence-corrected chi connectivity index (χ2v) is 14.1. The van der Waals surface area contributed by atoms with Crippen molar-refractivity contribution in [1.29, 1.82) is 0 Å². The molecule has 2 aliphatic rings. The number of aromatic nitrogens is 6. The lowest BCUT2D eigenvalue weighted by Crippen LogP contribution is -2.44. The normalized spacial score (nSPS) is 18.6. The lowest BCUT2D eigenvalue weighted by molar-refractivity contribution is 0.298. The zero-order chi connectivity index (χ0) is 27.2. The van der Waals surface area contributed by atoms with Gasteiger partial charge < -0.3 is 14.0 Å². The summed E-state index contributed by atoms with van der Waals surface area (Å²) in [5.74, 6) is 1.42. The molecular formula is C27H29ClN8OS2. The minimum absolute atomic E-state index is 0.110. The Morgan fingerprint density at radius 1 is 1.05 bits per heavy atom. The van der Waals surface area contributed by atoms with Crippen LogP contribution in [0.4, 0.5) is 5.82 Å². The number of halogens is 1. The van der Waals surface area contributed by atoms with Crippen LogP contribution in [-0.2, 0) is 17.9 Å². The monoisotopic (exact) mass is 580 g/mol. The maximum Gasteiger partial charge on any atom is 0.173 e. The Hall–Kier alpha value is -2.86. The molecule has 6 rings (SSSR count). The molecular weight excluding hydrogens is 552 g/mol. The van der Waals surface area contributed by atoms with Gasteiger partial charge in [-0.15, -0.1) is 0 Å². The third-order valence-corrected chi connectivity index (χ3v) is 10.0. The van der Waals surface area contributed by atoms with Crippen molar-refractivity contribution in [3.8, 4) is 5.82 Å². The molecule has 4 aromatic heterocycles. The fraction of sp³-hybridized carbons (Fsp3) is 0.370. The number of anilines is 1. The van der Waals surface area contributed by atoms with Crippen LogP contribution >= 0.6 is 23.4 Å². The van der Waals surface area contributed by atoms with Gasteiger partial charge in [0.1, 0.15) is 32.7 Å². The molecule has 1 saturated heterocycles. The first-order chi connectivity index (χ1) is 18.7. The molecule has 4 aromatic rings. The third-order valence-electron chi connectivity index (χ3n) is 7.18. The highest BCUT2D eigenvalue weighted by Crippen LogP contribution is 2.44. The molecule has 9 nitrogen and oxygen atoms in total. The topological polar surface area (TPSA) is 100 Å². The average molecular weight is 581 g/mol. The lowest BCUT2D eigenvalue weighted by atomic mass is 9.75. The SMILES string of the molecule is CC(C)(C)[S@@+]([O-])/N=C1\c2cccn2CC12CCN(c1cnc(Sc3ccnc(-n4cccn4)c3Cl)cn1)CC2. The van der Waals surface area contributed by atoms with Crippen LogP contribution in [0.5, 0.6) is 0 Å². The minimum Gasteiger partial charge on any atom is -0.591 e. The van der Waals surface area contributed by atoms with E-state index in [2.05, 4.69) is 36.8 Å². The number of pyridine rings is 1. The van der Waals surface area contributed by atoms with Crippen LogP contribution in [0.25, 0.3) is 5.82 Å². The van der Waals surface area contributed by atoms with E-state index in [0.29, 0.717) is 10.8 Å². The Morgan fingerprint density at radius 2 is 1.87 bits per heavy atom. The van der Waals surface area contributed by atoms with Crippen LogP contribution in [0.3, 0.4) is 0 Å². The molecule has 39 heavy (non-hydrogen) atoms. The highest BCUT2D eigenvalue weighted by Gasteiger charge is 2.48. The summed E-state index contributed by atoms with van der Waals surface area (Å²) in [6.07, 6.45) is 12.7. The molecule has 0 bridgehead atoms. The third kappa shape index (κ3) is 5.08. The van der Waals surface area contributed by atoms with Crippen LogP contribution in [0.2, 0.25) is 5.02 Å². The van der Waals surface area contributed by atoms with Crippen LogP contribution in [0, 0.1) is 5.41 Å². The first-order valence-electron chi connectivity index (χ1n) is 12.8. The first kappa shape index (κ1) is 26.4. The van der Waals surface area contributed by atoms with Gasteiger partial charge in [-0.3, -0.25) is 0 Å².